The van der Waals surface area contributed by atoms with E-state index < -0.39 is 32.2 Å². The van der Waals surface area contributed by atoms with Crippen LogP contribution in [0, 0.1) is 18.6 Å². The third-order valence-electron chi connectivity index (χ3n) is 5.09. The molecule has 1 heterocycles. The van der Waals surface area contributed by atoms with Crippen molar-refractivity contribution in [2.75, 3.05) is 11.5 Å². The summed E-state index contributed by atoms with van der Waals surface area (Å²) >= 11 is 0. The van der Waals surface area contributed by atoms with Gasteiger partial charge in [0.2, 0.25) is 15.6 Å². The summed E-state index contributed by atoms with van der Waals surface area (Å²) in [6.45, 7) is 3.85. The minimum Gasteiger partial charge on any atom is -0.494 e. The number of halogens is 2. The SMILES string of the molecule is CCOc1ccc(C(=O)C2=CN(c3ccc(C)c(F)c3)c3cc(F)ccc3S2(=O)=O)cc1. The molecule has 8 heteroatoms. The molecular weight excluding hydrogens is 436 g/mol. The highest BCUT2D eigenvalue weighted by Gasteiger charge is 2.36. The predicted octanol–water partition coefficient (Wildman–Crippen LogP) is 5.32. The average Bonchev–Trinajstić information content (AvgIpc) is 2.76. The minimum absolute atomic E-state index is 0.00324. The predicted molar refractivity (Wildman–Crippen MR) is 117 cm³/mol. The molecule has 0 spiro atoms. The Morgan fingerprint density at radius 3 is 2.38 bits per heavy atom. The first-order chi connectivity index (χ1) is 15.2. The van der Waals surface area contributed by atoms with Gasteiger partial charge in [0.1, 0.15) is 22.3 Å². The largest absolute Gasteiger partial charge is 0.494 e. The lowest BCUT2D eigenvalue weighted by atomic mass is 10.1. The number of ketones is 1. The van der Waals surface area contributed by atoms with Crippen LogP contribution in [0.3, 0.4) is 0 Å². The number of anilines is 2. The summed E-state index contributed by atoms with van der Waals surface area (Å²) in [6.07, 6.45) is 1.11. The summed E-state index contributed by atoms with van der Waals surface area (Å²) in [6, 6.07) is 13.5. The molecule has 5 nitrogen and oxygen atoms in total. The van der Waals surface area contributed by atoms with Gasteiger partial charge in [-0.1, -0.05) is 6.07 Å². The molecule has 0 fully saturated rings. The summed E-state index contributed by atoms with van der Waals surface area (Å²) < 4.78 is 60.1. The summed E-state index contributed by atoms with van der Waals surface area (Å²) in [5, 5.41) is 0. The lowest BCUT2D eigenvalue weighted by molar-refractivity contribution is 0.104. The Labute approximate surface area is 184 Å². The molecule has 0 amide bonds. The first kappa shape index (κ1) is 21.7. The molecule has 0 unspecified atom stereocenters. The van der Waals surface area contributed by atoms with Crippen molar-refractivity contribution in [3.8, 4) is 5.75 Å². The third-order valence-corrected chi connectivity index (χ3v) is 6.88. The molecule has 0 saturated carbocycles. The monoisotopic (exact) mass is 455 g/mol. The number of hydrogen-bond donors (Lipinski definition) is 0. The quantitative estimate of drug-likeness (QED) is 0.385. The molecule has 0 saturated heterocycles. The van der Waals surface area contributed by atoms with Gasteiger partial charge < -0.3 is 9.64 Å². The highest BCUT2D eigenvalue weighted by molar-refractivity contribution is 7.96. The van der Waals surface area contributed by atoms with Crippen molar-refractivity contribution in [3.05, 3.63) is 94.5 Å². The number of hydrogen-bond acceptors (Lipinski definition) is 5. The summed E-state index contributed by atoms with van der Waals surface area (Å²) in [4.78, 5) is 13.8. The number of nitrogens with zero attached hydrogens (tertiary/aromatic N) is 1. The van der Waals surface area contributed by atoms with Gasteiger partial charge in [0.15, 0.2) is 0 Å². The van der Waals surface area contributed by atoms with E-state index in [9.17, 15) is 22.0 Å². The molecule has 0 aromatic heterocycles. The summed E-state index contributed by atoms with van der Waals surface area (Å²) in [7, 11) is -4.25. The molecule has 1 aliphatic heterocycles. The van der Waals surface area contributed by atoms with Gasteiger partial charge in [0, 0.05) is 17.5 Å². The van der Waals surface area contributed by atoms with Crippen molar-refractivity contribution < 1.29 is 26.7 Å². The average molecular weight is 455 g/mol. The van der Waals surface area contributed by atoms with E-state index in [0.29, 0.717) is 17.9 Å². The van der Waals surface area contributed by atoms with Gasteiger partial charge in [-0.3, -0.25) is 4.79 Å². The van der Waals surface area contributed by atoms with Gasteiger partial charge in [0.05, 0.1) is 17.2 Å². The minimum atomic E-state index is -4.25. The molecule has 0 atom stereocenters. The number of carbonyl (C=O) groups is 1. The van der Waals surface area contributed by atoms with Gasteiger partial charge in [-0.15, -0.1) is 0 Å². The number of ether oxygens (including phenoxy) is 1. The normalized spacial score (nSPS) is 14.5. The van der Waals surface area contributed by atoms with E-state index >= 15 is 0 Å². The number of carbonyl (C=O) groups excluding carboxylic acids is 1. The van der Waals surface area contributed by atoms with Crippen LogP contribution in [0.4, 0.5) is 20.2 Å². The Bertz CT molecular complexity index is 1350. The molecule has 0 aliphatic carbocycles. The first-order valence-corrected chi connectivity index (χ1v) is 11.3. The van der Waals surface area contributed by atoms with E-state index in [2.05, 4.69) is 0 Å². The van der Waals surface area contributed by atoms with Gasteiger partial charge in [0.25, 0.3) is 0 Å². The maximum Gasteiger partial charge on any atom is 0.214 e. The van der Waals surface area contributed by atoms with Crippen LogP contribution in [-0.4, -0.2) is 20.8 Å². The molecule has 0 bridgehead atoms. The number of benzene rings is 3. The second kappa shape index (κ2) is 8.20. The van der Waals surface area contributed by atoms with E-state index in [4.69, 9.17) is 4.74 Å². The van der Waals surface area contributed by atoms with Gasteiger partial charge in [-0.05, 0) is 74.0 Å². The summed E-state index contributed by atoms with van der Waals surface area (Å²) in [5.74, 6) is -1.37. The van der Waals surface area contributed by atoms with Crippen molar-refractivity contribution in [1.29, 1.82) is 0 Å². The summed E-state index contributed by atoms with van der Waals surface area (Å²) in [5.41, 5.74) is 0.791. The van der Waals surface area contributed by atoms with Gasteiger partial charge in [-0.2, -0.15) is 0 Å². The second-order valence-corrected chi connectivity index (χ2v) is 9.09. The Balaban J connectivity index is 1.87. The van der Waals surface area contributed by atoms with E-state index in [1.165, 1.54) is 29.2 Å². The molecule has 0 radical (unpaired) electrons. The van der Waals surface area contributed by atoms with Crippen LogP contribution in [0.15, 0.2) is 76.7 Å². The lowest BCUT2D eigenvalue weighted by Gasteiger charge is -2.29. The van der Waals surface area contributed by atoms with E-state index in [0.717, 1.165) is 24.4 Å². The molecular formula is C24H19F2NO4S. The van der Waals surface area contributed by atoms with Crippen molar-refractivity contribution in [1.82, 2.24) is 0 Å². The van der Waals surface area contributed by atoms with Crippen LogP contribution < -0.4 is 9.64 Å². The Morgan fingerprint density at radius 2 is 1.72 bits per heavy atom. The smallest absolute Gasteiger partial charge is 0.214 e. The Kier molecular flexibility index (Phi) is 5.56. The van der Waals surface area contributed by atoms with Crippen LogP contribution in [0.1, 0.15) is 22.8 Å². The standard InChI is InChI=1S/C24H19F2NO4S/c1-3-31-19-9-5-16(6-10-19)24(28)23-14-27(18-8-4-15(2)20(26)13-18)21-12-17(25)7-11-22(21)32(23,29)30/h4-14H,3H2,1-2H3. The fourth-order valence-electron chi connectivity index (χ4n) is 3.42. The van der Waals surface area contributed by atoms with Crippen LogP contribution >= 0.6 is 0 Å². The highest BCUT2D eigenvalue weighted by atomic mass is 32.2. The molecule has 164 valence electrons. The zero-order valence-electron chi connectivity index (χ0n) is 17.3. The van der Waals surface area contributed by atoms with Crippen molar-refractivity contribution in [3.63, 3.8) is 0 Å². The molecule has 3 aromatic carbocycles. The van der Waals surface area contributed by atoms with E-state index in [1.54, 1.807) is 25.1 Å². The maximum atomic E-state index is 14.2. The first-order valence-electron chi connectivity index (χ1n) is 9.82. The van der Waals surface area contributed by atoms with Crippen LogP contribution in [-0.2, 0) is 9.84 Å². The Hall–Kier alpha value is -3.52. The molecule has 32 heavy (non-hydrogen) atoms. The number of aryl methyl sites for hydroxylation is 1. The molecule has 0 N–H and O–H groups in total. The number of fused-ring (bicyclic) bond motifs is 1. The zero-order valence-corrected chi connectivity index (χ0v) is 18.1. The van der Waals surface area contributed by atoms with Crippen LogP contribution in [0.2, 0.25) is 0 Å². The zero-order chi connectivity index (χ0) is 23.0. The lowest BCUT2D eigenvalue weighted by Crippen LogP contribution is -2.26. The Morgan fingerprint density at radius 1 is 1.00 bits per heavy atom. The molecule has 1 aliphatic rings. The highest BCUT2D eigenvalue weighted by Crippen LogP contribution is 2.41. The molecule has 4 rings (SSSR count). The van der Waals surface area contributed by atoms with E-state index in [1.807, 2.05) is 6.92 Å². The maximum absolute atomic E-state index is 14.2. The van der Waals surface area contributed by atoms with Crippen molar-refractivity contribution >= 4 is 27.0 Å². The fourth-order valence-corrected chi connectivity index (χ4v) is 4.94. The number of Topliss-reactive ketones (excluding diaryl/α,β-unsaturated/α-hetero) is 1. The number of allylic oxidation sites excluding steroid dienone is 1. The van der Waals surface area contributed by atoms with Crippen LogP contribution in [0.25, 0.3) is 0 Å². The second-order valence-electron chi connectivity index (χ2n) is 7.20. The topological polar surface area (TPSA) is 63.7 Å². The number of rotatable bonds is 5. The van der Waals surface area contributed by atoms with Crippen LogP contribution in [0.5, 0.6) is 5.75 Å². The fraction of sp³-hybridized carbons (Fsp3) is 0.125. The van der Waals surface area contributed by atoms with Gasteiger partial charge in [-0.25, -0.2) is 17.2 Å². The van der Waals surface area contributed by atoms with E-state index in [-0.39, 0.29) is 21.8 Å². The third kappa shape index (κ3) is 3.78. The van der Waals surface area contributed by atoms with Gasteiger partial charge >= 0.3 is 0 Å². The number of sulfone groups is 1. The molecule has 3 aromatic rings. The van der Waals surface area contributed by atoms with Crippen molar-refractivity contribution in [2.24, 2.45) is 0 Å². The van der Waals surface area contributed by atoms with Crippen molar-refractivity contribution in [2.45, 2.75) is 18.7 Å².